The van der Waals surface area contributed by atoms with Gasteiger partial charge in [0.15, 0.2) is 0 Å². The number of halogens is 1. The van der Waals surface area contributed by atoms with Crippen LogP contribution in [0.25, 0.3) is 0 Å². The maximum atomic E-state index is 13.5. The average Bonchev–Trinajstić information content (AvgIpc) is 3.42. The number of carbonyl (C=O) groups excluding carboxylic acids is 1. The van der Waals surface area contributed by atoms with Crippen LogP contribution < -0.4 is 10.1 Å². The van der Waals surface area contributed by atoms with E-state index in [0.29, 0.717) is 18.3 Å². The van der Waals surface area contributed by atoms with Gasteiger partial charge in [0.1, 0.15) is 17.6 Å². The van der Waals surface area contributed by atoms with Gasteiger partial charge < -0.3 is 15.0 Å². The number of hydrogen-bond acceptors (Lipinski definition) is 7. The molecule has 0 spiro atoms. The lowest BCUT2D eigenvalue weighted by molar-refractivity contribution is -0.134. The third-order valence-corrected chi connectivity index (χ3v) is 5.94. The van der Waals surface area contributed by atoms with Crippen molar-refractivity contribution < 1.29 is 9.53 Å². The summed E-state index contributed by atoms with van der Waals surface area (Å²) in [5, 5.41) is 15.3. The van der Waals surface area contributed by atoms with Crippen molar-refractivity contribution in [3.05, 3.63) is 35.7 Å². The molecule has 2 aliphatic heterocycles. The van der Waals surface area contributed by atoms with Crippen molar-refractivity contribution in [1.29, 1.82) is 0 Å². The van der Waals surface area contributed by atoms with E-state index in [1.165, 1.54) is 0 Å². The third kappa shape index (κ3) is 4.91. The SMILES string of the molecule is COc1cccc(CC(C(=O)N2CCC(N3CCNCC3)C2)n2nnnc2C)c1.Cl. The first kappa shape index (κ1) is 22.5. The van der Waals surface area contributed by atoms with Crippen molar-refractivity contribution in [1.82, 2.24) is 35.3 Å². The fourth-order valence-corrected chi connectivity index (χ4v) is 4.33. The predicted octanol–water partition coefficient (Wildman–Crippen LogP) is 0.702. The summed E-state index contributed by atoms with van der Waals surface area (Å²) in [6.45, 7) is 7.52. The van der Waals surface area contributed by atoms with Crippen LogP contribution in [0.2, 0.25) is 0 Å². The van der Waals surface area contributed by atoms with Crippen molar-refractivity contribution in [2.24, 2.45) is 0 Å². The number of aromatic nitrogens is 4. The van der Waals surface area contributed by atoms with Gasteiger partial charge in [-0.1, -0.05) is 12.1 Å². The van der Waals surface area contributed by atoms with Crippen LogP contribution in [-0.4, -0.2) is 88.3 Å². The summed E-state index contributed by atoms with van der Waals surface area (Å²) in [7, 11) is 1.65. The minimum atomic E-state index is -0.459. The number of piperazine rings is 1. The number of likely N-dealkylation sites (tertiary alicyclic amines) is 1. The maximum Gasteiger partial charge on any atom is 0.247 e. The van der Waals surface area contributed by atoms with E-state index in [4.69, 9.17) is 4.74 Å². The molecule has 4 rings (SSSR count). The molecule has 0 saturated carbocycles. The summed E-state index contributed by atoms with van der Waals surface area (Å²) in [4.78, 5) is 18.0. The molecule has 2 aromatic rings. The molecule has 30 heavy (non-hydrogen) atoms. The van der Waals surface area contributed by atoms with Crippen molar-refractivity contribution >= 4 is 18.3 Å². The van der Waals surface area contributed by atoms with Crippen LogP contribution in [0.15, 0.2) is 24.3 Å². The smallest absolute Gasteiger partial charge is 0.247 e. The Morgan fingerprint density at radius 2 is 2.10 bits per heavy atom. The number of nitrogens with one attached hydrogen (secondary N) is 1. The Kier molecular flexibility index (Phi) is 7.63. The molecule has 0 radical (unpaired) electrons. The molecule has 2 aliphatic rings. The monoisotopic (exact) mass is 435 g/mol. The van der Waals surface area contributed by atoms with E-state index >= 15 is 0 Å². The topological polar surface area (TPSA) is 88.4 Å². The lowest BCUT2D eigenvalue weighted by Crippen LogP contribution is -2.49. The van der Waals surface area contributed by atoms with Crippen molar-refractivity contribution in [3.8, 4) is 5.75 Å². The Morgan fingerprint density at radius 1 is 1.30 bits per heavy atom. The lowest BCUT2D eigenvalue weighted by Gasteiger charge is -2.32. The highest BCUT2D eigenvalue weighted by molar-refractivity contribution is 5.85. The Balaban J connectivity index is 0.00000256. The highest BCUT2D eigenvalue weighted by Gasteiger charge is 2.35. The molecule has 2 atom stereocenters. The van der Waals surface area contributed by atoms with Gasteiger partial charge in [0.2, 0.25) is 5.91 Å². The van der Waals surface area contributed by atoms with Crippen LogP contribution >= 0.6 is 12.4 Å². The van der Waals surface area contributed by atoms with Gasteiger partial charge in [0.25, 0.3) is 0 Å². The average molecular weight is 436 g/mol. The third-order valence-electron chi connectivity index (χ3n) is 5.94. The lowest BCUT2D eigenvalue weighted by atomic mass is 10.0. The molecular formula is C20H30ClN7O2. The molecule has 2 fully saturated rings. The zero-order chi connectivity index (χ0) is 20.2. The van der Waals surface area contributed by atoms with E-state index in [1.54, 1.807) is 11.8 Å². The number of benzene rings is 1. The summed E-state index contributed by atoms with van der Waals surface area (Å²) < 4.78 is 6.99. The van der Waals surface area contributed by atoms with Gasteiger partial charge in [-0.25, -0.2) is 4.68 Å². The molecule has 0 bridgehead atoms. The van der Waals surface area contributed by atoms with Gasteiger partial charge in [0, 0.05) is 51.7 Å². The van der Waals surface area contributed by atoms with Crippen LogP contribution in [-0.2, 0) is 11.2 Å². The van der Waals surface area contributed by atoms with Crippen molar-refractivity contribution in [2.75, 3.05) is 46.4 Å². The van der Waals surface area contributed by atoms with E-state index in [9.17, 15) is 4.79 Å². The highest BCUT2D eigenvalue weighted by Crippen LogP contribution is 2.24. The van der Waals surface area contributed by atoms with E-state index in [0.717, 1.165) is 57.0 Å². The predicted molar refractivity (Wildman–Crippen MR) is 115 cm³/mol. The van der Waals surface area contributed by atoms with Crippen LogP contribution in [0.4, 0.5) is 0 Å². The van der Waals surface area contributed by atoms with Crippen LogP contribution in [0.1, 0.15) is 23.9 Å². The molecule has 9 nitrogen and oxygen atoms in total. The van der Waals surface area contributed by atoms with Gasteiger partial charge in [-0.2, -0.15) is 0 Å². The van der Waals surface area contributed by atoms with E-state index in [2.05, 4.69) is 25.7 Å². The zero-order valence-electron chi connectivity index (χ0n) is 17.5. The van der Waals surface area contributed by atoms with E-state index in [1.807, 2.05) is 36.1 Å². The van der Waals surface area contributed by atoms with Gasteiger partial charge in [-0.05, 0) is 41.5 Å². The van der Waals surface area contributed by atoms with Crippen LogP contribution in [0.3, 0.4) is 0 Å². The largest absolute Gasteiger partial charge is 0.497 e. The summed E-state index contributed by atoms with van der Waals surface area (Å²) in [5.74, 6) is 1.51. The summed E-state index contributed by atoms with van der Waals surface area (Å²) in [6.07, 6.45) is 1.54. The first-order valence-corrected chi connectivity index (χ1v) is 10.3. The number of nitrogens with zero attached hydrogens (tertiary/aromatic N) is 6. The second-order valence-corrected chi connectivity index (χ2v) is 7.75. The maximum absolute atomic E-state index is 13.5. The van der Waals surface area contributed by atoms with E-state index < -0.39 is 6.04 Å². The number of rotatable bonds is 6. The van der Waals surface area contributed by atoms with Crippen molar-refractivity contribution in [2.45, 2.75) is 31.8 Å². The second kappa shape index (κ2) is 10.2. The number of ether oxygens (including phenoxy) is 1. The second-order valence-electron chi connectivity index (χ2n) is 7.75. The number of methoxy groups -OCH3 is 1. The molecule has 2 saturated heterocycles. The van der Waals surface area contributed by atoms with Crippen LogP contribution in [0, 0.1) is 6.92 Å². The van der Waals surface area contributed by atoms with Crippen molar-refractivity contribution in [3.63, 3.8) is 0 Å². The molecule has 1 aromatic heterocycles. The Labute approximate surface area is 183 Å². The molecular weight excluding hydrogens is 406 g/mol. The minimum Gasteiger partial charge on any atom is -0.497 e. The Morgan fingerprint density at radius 3 is 2.80 bits per heavy atom. The molecule has 164 valence electrons. The number of aryl methyl sites for hydroxylation is 1. The van der Waals surface area contributed by atoms with E-state index in [-0.39, 0.29) is 18.3 Å². The fraction of sp³-hybridized carbons (Fsp3) is 0.600. The van der Waals surface area contributed by atoms with Gasteiger partial charge in [-0.3, -0.25) is 9.69 Å². The zero-order valence-corrected chi connectivity index (χ0v) is 18.3. The number of amides is 1. The Hall–Kier alpha value is -2.23. The summed E-state index contributed by atoms with van der Waals surface area (Å²) in [6, 6.07) is 7.80. The molecule has 1 N–H and O–H groups in total. The summed E-state index contributed by atoms with van der Waals surface area (Å²) >= 11 is 0. The normalized spacial score (nSPS) is 20.6. The number of hydrogen-bond donors (Lipinski definition) is 1. The first-order chi connectivity index (χ1) is 14.2. The van der Waals surface area contributed by atoms with Gasteiger partial charge in [0.05, 0.1) is 7.11 Å². The number of carbonyl (C=O) groups is 1. The fourth-order valence-electron chi connectivity index (χ4n) is 4.33. The summed E-state index contributed by atoms with van der Waals surface area (Å²) in [5.41, 5.74) is 1.02. The molecule has 1 amide bonds. The standard InChI is InChI=1S/C20H29N7O2.ClH/c1-15-22-23-24-27(15)19(13-16-4-3-5-18(12-16)29-2)20(28)26-9-6-17(14-26)25-10-7-21-8-11-25;/h3-5,12,17,19,21H,6-11,13-14H2,1-2H3;1H. The Bertz CT molecular complexity index is 840. The molecule has 0 aliphatic carbocycles. The quantitative estimate of drug-likeness (QED) is 0.714. The highest BCUT2D eigenvalue weighted by atomic mass is 35.5. The number of tetrazole rings is 1. The molecule has 1 aromatic carbocycles. The van der Waals surface area contributed by atoms with Gasteiger partial charge in [-0.15, -0.1) is 17.5 Å². The molecule has 2 unspecified atom stereocenters. The molecule has 3 heterocycles. The van der Waals surface area contributed by atoms with Crippen LogP contribution in [0.5, 0.6) is 5.75 Å². The minimum absolute atomic E-state index is 0. The van der Waals surface area contributed by atoms with Gasteiger partial charge >= 0.3 is 0 Å². The first-order valence-electron chi connectivity index (χ1n) is 10.3. The molecule has 10 heteroatoms.